The number of benzene rings is 1. The Morgan fingerprint density at radius 1 is 1.05 bits per heavy atom. The van der Waals surface area contributed by atoms with Crippen LogP contribution in [0.4, 0.5) is 0 Å². The van der Waals surface area contributed by atoms with Gasteiger partial charge in [-0.15, -0.1) is 0 Å². The number of aliphatic carboxylic acids is 1. The Hall–Kier alpha value is -3.81. The molecule has 3 atom stereocenters. The fourth-order valence-corrected chi connectivity index (χ4v) is 3.30. The number of thiol groups is 1. The molecule has 1 aromatic rings. The Balaban J connectivity index is 2.91. The summed E-state index contributed by atoms with van der Waals surface area (Å²) in [6.45, 7) is 2.30. The highest BCUT2D eigenvalue weighted by Crippen LogP contribution is 2.07. The van der Waals surface area contributed by atoms with E-state index in [1.54, 1.807) is 31.2 Å². The summed E-state index contributed by atoms with van der Waals surface area (Å²) < 4.78 is 0. The van der Waals surface area contributed by atoms with Gasteiger partial charge >= 0.3 is 5.97 Å². The summed E-state index contributed by atoms with van der Waals surface area (Å²) in [5.74, 6) is -3.06. The SMILES string of the molecule is C[C@H](CS)NC(=O)[C@H](CC(=O)O)NC(=O)[C@H](CCCNC(=N)N)NC(=O)Cc1ccc(CNC=O)cc1. The summed E-state index contributed by atoms with van der Waals surface area (Å²) in [7, 11) is 0. The van der Waals surface area contributed by atoms with Crippen LogP contribution in [-0.4, -0.2) is 71.6 Å². The van der Waals surface area contributed by atoms with E-state index >= 15 is 0 Å². The first-order valence-corrected chi connectivity index (χ1v) is 12.2. The second-order valence-electron chi connectivity index (χ2n) is 8.35. The van der Waals surface area contributed by atoms with Gasteiger partial charge in [-0.05, 0) is 30.9 Å². The van der Waals surface area contributed by atoms with Crippen molar-refractivity contribution in [3.8, 4) is 0 Å². The average molecular weight is 538 g/mol. The van der Waals surface area contributed by atoms with Crippen molar-refractivity contribution >= 4 is 48.7 Å². The lowest BCUT2D eigenvalue weighted by Gasteiger charge is -2.23. The van der Waals surface area contributed by atoms with E-state index in [9.17, 15) is 29.1 Å². The quantitative estimate of drug-likeness (QED) is 0.0378. The van der Waals surface area contributed by atoms with Crippen molar-refractivity contribution in [1.82, 2.24) is 26.6 Å². The van der Waals surface area contributed by atoms with Gasteiger partial charge < -0.3 is 37.4 Å². The number of carboxylic acid groups (broad SMARTS) is 1. The van der Waals surface area contributed by atoms with Gasteiger partial charge in [0.1, 0.15) is 12.1 Å². The van der Waals surface area contributed by atoms with Crippen LogP contribution in [0.2, 0.25) is 0 Å². The topological polar surface area (TPSA) is 216 Å². The molecule has 14 heteroatoms. The summed E-state index contributed by atoms with van der Waals surface area (Å²) in [5, 5.41) is 29.2. The second kappa shape index (κ2) is 16.8. The van der Waals surface area contributed by atoms with Crippen LogP contribution in [0.25, 0.3) is 0 Å². The van der Waals surface area contributed by atoms with Crippen molar-refractivity contribution in [2.45, 2.75) is 57.3 Å². The molecular formula is C23H35N7O6S. The number of rotatable bonds is 17. The van der Waals surface area contributed by atoms with E-state index in [0.717, 1.165) is 5.56 Å². The highest BCUT2D eigenvalue weighted by Gasteiger charge is 2.28. The lowest BCUT2D eigenvalue weighted by Crippen LogP contribution is -2.55. The van der Waals surface area contributed by atoms with E-state index in [2.05, 4.69) is 39.2 Å². The molecule has 0 aliphatic carbocycles. The van der Waals surface area contributed by atoms with Gasteiger partial charge in [0.25, 0.3) is 0 Å². The first kappa shape index (κ1) is 31.2. The number of carbonyl (C=O) groups is 5. The molecule has 1 aromatic carbocycles. The molecule has 204 valence electrons. The number of nitrogens with one attached hydrogen (secondary N) is 6. The van der Waals surface area contributed by atoms with Crippen LogP contribution in [0, 0.1) is 5.41 Å². The average Bonchev–Trinajstić information content (AvgIpc) is 2.84. The van der Waals surface area contributed by atoms with Crippen molar-refractivity contribution in [2.24, 2.45) is 5.73 Å². The number of hydrogen-bond donors (Lipinski definition) is 9. The fourth-order valence-electron chi connectivity index (χ4n) is 3.21. The van der Waals surface area contributed by atoms with Crippen molar-refractivity contribution in [1.29, 1.82) is 5.41 Å². The predicted molar refractivity (Wildman–Crippen MR) is 140 cm³/mol. The maximum absolute atomic E-state index is 13.0. The van der Waals surface area contributed by atoms with E-state index < -0.39 is 42.2 Å². The molecule has 1 rings (SSSR count). The van der Waals surface area contributed by atoms with Crippen molar-refractivity contribution in [2.75, 3.05) is 12.3 Å². The van der Waals surface area contributed by atoms with Crippen molar-refractivity contribution in [3.05, 3.63) is 35.4 Å². The molecule has 0 bridgehead atoms. The maximum atomic E-state index is 13.0. The fraction of sp³-hybridized carbons (Fsp3) is 0.478. The Morgan fingerprint density at radius 3 is 2.24 bits per heavy atom. The van der Waals surface area contributed by atoms with E-state index in [1.165, 1.54) is 0 Å². The number of nitrogens with two attached hydrogens (primary N) is 1. The minimum Gasteiger partial charge on any atom is -0.481 e. The molecule has 13 nitrogen and oxygen atoms in total. The molecular weight excluding hydrogens is 502 g/mol. The molecule has 0 saturated carbocycles. The lowest BCUT2D eigenvalue weighted by atomic mass is 10.1. The summed E-state index contributed by atoms with van der Waals surface area (Å²) >= 11 is 4.08. The molecule has 0 spiro atoms. The zero-order valence-corrected chi connectivity index (χ0v) is 21.5. The Morgan fingerprint density at radius 2 is 1.68 bits per heavy atom. The monoisotopic (exact) mass is 537 g/mol. The number of carbonyl (C=O) groups excluding carboxylic acids is 4. The minimum atomic E-state index is -1.35. The van der Waals surface area contributed by atoms with Crippen LogP contribution in [0.5, 0.6) is 0 Å². The zero-order chi connectivity index (χ0) is 27.8. The Bertz CT molecular complexity index is 944. The van der Waals surface area contributed by atoms with Gasteiger partial charge in [-0.1, -0.05) is 24.3 Å². The summed E-state index contributed by atoms with van der Waals surface area (Å²) in [6, 6.07) is 4.21. The molecule has 4 amide bonds. The van der Waals surface area contributed by atoms with E-state index in [4.69, 9.17) is 11.1 Å². The number of hydrogen-bond acceptors (Lipinski definition) is 7. The molecule has 37 heavy (non-hydrogen) atoms. The van der Waals surface area contributed by atoms with Gasteiger partial charge in [0.05, 0.1) is 12.8 Å². The maximum Gasteiger partial charge on any atom is 0.305 e. The van der Waals surface area contributed by atoms with Crippen molar-refractivity contribution < 1.29 is 29.1 Å². The van der Waals surface area contributed by atoms with Gasteiger partial charge in [-0.3, -0.25) is 29.4 Å². The Labute approximate surface area is 220 Å². The zero-order valence-electron chi connectivity index (χ0n) is 20.6. The number of amides is 4. The third-order valence-electron chi connectivity index (χ3n) is 5.09. The lowest BCUT2D eigenvalue weighted by molar-refractivity contribution is -0.141. The van der Waals surface area contributed by atoms with Gasteiger partial charge in [0.15, 0.2) is 5.96 Å². The van der Waals surface area contributed by atoms with Crippen LogP contribution >= 0.6 is 12.6 Å². The first-order chi connectivity index (χ1) is 17.5. The van der Waals surface area contributed by atoms with Crippen LogP contribution in [0.1, 0.15) is 37.3 Å². The molecule has 0 heterocycles. The molecule has 0 aliphatic rings. The van der Waals surface area contributed by atoms with Gasteiger partial charge in [0.2, 0.25) is 24.1 Å². The highest BCUT2D eigenvalue weighted by molar-refractivity contribution is 7.80. The number of carboxylic acids is 1. The molecule has 0 saturated heterocycles. The molecule has 9 N–H and O–H groups in total. The van der Waals surface area contributed by atoms with Crippen LogP contribution < -0.4 is 32.3 Å². The first-order valence-electron chi connectivity index (χ1n) is 11.6. The Kier molecular flexibility index (Phi) is 14.2. The normalized spacial score (nSPS) is 12.8. The summed E-state index contributed by atoms with van der Waals surface area (Å²) in [5.41, 5.74) is 6.79. The summed E-state index contributed by atoms with van der Waals surface area (Å²) in [6.07, 6.45) is 0.402. The molecule has 0 fully saturated rings. The van der Waals surface area contributed by atoms with Crippen LogP contribution in [0.15, 0.2) is 24.3 Å². The van der Waals surface area contributed by atoms with E-state index in [-0.39, 0.29) is 31.4 Å². The molecule has 0 aromatic heterocycles. The molecule has 0 aliphatic heterocycles. The minimum absolute atomic E-state index is 0.0324. The van der Waals surface area contributed by atoms with Crippen molar-refractivity contribution in [3.63, 3.8) is 0 Å². The van der Waals surface area contributed by atoms with E-state index in [1.807, 2.05) is 0 Å². The molecule has 0 radical (unpaired) electrons. The second-order valence-corrected chi connectivity index (χ2v) is 8.71. The highest BCUT2D eigenvalue weighted by atomic mass is 32.1. The van der Waals surface area contributed by atoms with Crippen LogP contribution in [0.3, 0.4) is 0 Å². The van der Waals surface area contributed by atoms with E-state index in [0.29, 0.717) is 30.7 Å². The summed E-state index contributed by atoms with van der Waals surface area (Å²) in [4.78, 5) is 59.9. The van der Waals surface area contributed by atoms with Gasteiger partial charge in [-0.2, -0.15) is 12.6 Å². The smallest absolute Gasteiger partial charge is 0.305 e. The predicted octanol–water partition coefficient (Wildman–Crippen LogP) is -1.38. The largest absolute Gasteiger partial charge is 0.481 e. The third kappa shape index (κ3) is 13.2. The molecule has 0 unspecified atom stereocenters. The van der Waals surface area contributed by atoms with Gasteiger partial charge in [0, 0.05) is 24.9 Å². The standard InChI is InChI=1S/C23H35N7O6S/c1-14(12-37)28-22(36)18(10-20(33)34)30-21(35)17(3-2-8-27-23(24)25)29-19(32)9-15-4-6-16(7-5-15)11-26-13-31/h4-7,13-14,17-18,37H,2-3,8-12H2,1H3,(H,26,31)(H,28,36)(H,29,32)(H,30,35)(H,33,34)(H4,24,25,27)/t14-,17+,18+/m1/s1. The van der Waals surface area contributed by atoms with Gasteiger partial charge in [-0.25, -0.2) is 0 Å². The number of guanidine groups is 1. The third-order valence-corrected chi connectivity index (χ3v) is 5.64. The van der Waals surface area contributed by atoms with Crippen LogP contribution in [-0.2, 0) is 36.9 Å².